The lowest BCUT2D eigenvalue weighted by molar-refractivity contribution is -0.140. The number of halogens is 5. The average molecular weight is 443 g/mol. The van der Waals surface area contributed by atoms with Crippen molar-refractivity contribution in [2.45, 2.75) is 24.9 Å². The van der Waals surface area contributed by atoms with Gasteiger partial charge in [0.25, 0.3) is 0 Å². The smallest absolute Gasteiger partial charge is 0.242 e. The Hall–Kier alpha value is -3.01. The third kappa shape index (κ3) is 5.19. The Labute approximate surface area is 176 Å². The van der Waals surface area contributed by atoms with Crippen LogP contribution in [0.3, 0.4) is 0 Å². The quantitative estimate of drug-likeness (QED) is 0.374. The summed E-state index contributed by atoms with van der Waals surface area (Å²) in [6.07, 6.45) is -0.654. The fourth-order valence-electron chi connectivity index (χ4n) is 3.16. The van der Waals surface area contributed by atoms with Gasteiger partial charge < -0.3 is 15.5 Å². The first-order chi connectivity index (χ1) is 14.6. The molecule has 0 aliphatic heterocycles. The molecule has 0 bridgehead atoms. The van der Waals surface area contributed by atoms with Crippen LogP contribution in [0.15, 0.2) is 30.3 Å². The van der Waals surface area contributed by atoms with Crippen LogP contribution in [0.1, 0.15) is 11.1 Å². The van der Waals surface area contributed by atoms with E-state index in [-0.39, 0.29) is 6.42 Å². The zero-order valence-electron chi connectivity index (χ0n) is 17.1. The van der Waals surface area contributed by atoms with Crippen LogP contribution in [-0.2, 0) is 22.4 Å². The molecule has 0 aliphatic rings. The van der Waals surface area contributed by atoms with Crippen molar-refractivity contribution in [3.8, 4) is 0 Å². The molecule has 168 valence electrons. The van der Waals surface area contributed by atoms with Gasteiger partial charge in [0.05, 0.1) is 6.04 Å². The van der Waals surface area contributed by atoms with Crippen LogP contribution in [-0.4, -0.2) is 49.9 Å². The molecule has 31 heavy (non-hydrogen) atoms. The molecule has 0 aliphatic carbocycles. The van der Waals surface area contributed by atoms with Crippen LogP contribution in [0, 0.1) is 29.1 Å². The molecule has 0 heterocycles. The Bertz CT molecular complexity index is 927. The maximum absolute atomic E-state index is 14.1. The largest absolute Gasteiger partial charge is 0.357 e. The number of likely N-dealkylation sites (N-methyl/N-ethyl adjacent to an activating group) is 3. The molecule has 5 nitrogen and oxygen atoms in total. The summed E-state index contributed by atoms with van der Waals surface area (Å²) in [5.41, 5.74) is -0.353. The number of hydrogen-bond donors (Lipinski definition) is 2. The van der Waals surface area contributed by atoms with E-state index in [1.807, 2.05) is 0 Å². The monoisotopic (exact) mass is 443 g/mol. The van der Waals surface area contributed by atoms with E-state index in [0.717, 1.165) is 10.5 Å². The Morgan fingerprint density at radius 2 is 1.39 bits per heavy atom. The molecule has 0 aromatic heterocycles. The van der Waals surface area contributed by atoms with Crippen molar-refractivity contribution >= 4 is 11.8 Å². The lowest BCUT2D eigenvalue weighted by atomic mass is 10.00. The Morgan fingerprint density at radius 3 is 1.87 bits per heavy atom. The van der Waals surface area contributed by atoms with E-state index in [1.54, 1.807) is 30.3 Å². The number of amides is 2. The van der Waals surface area contributed by atoms with E-state index < -0.39 is 65.0 Å². The van der Waals surface area contributed by atoms with Crippen LogP contribution < -0.4 is 10.6 Å². The number of hydrogen-bond acceptors (Lipinski definition) is 3. The summed E-state index contributed by atoms with van der Waals surface area (Å²) in [4.78, 5) is 26.3. The SMILES string of the molecule is CNC(=O)[C@@H](Cc1c(F)c(F)c(F)c(F)c1F)N(C)C(=O)[C@@H](Cc1ccccc1)NC. The number of carbonyl (C=O) groups excluding carboxylic acids is 2. The minimum absolute atomic E-state index is 0.253. The normalized spacial score (nSPS) is 12.9. The van der Waals surface area contributed by atoms with Crippen molar-refractivity contribution in [1.29, 1.82) is 0 Å². The first kappa shape index (κ1) is 24.3. The van der Waals surface area contributed by atoms with E-state index in [1.165, 1.54) is 21.1 Å². The third-order valence-electron chi connectivity index (χ3n) is 4.99. The van der Waals surface area contributed by atoms with Crippen molar-refractivity contribution in [3.63, 3.8) is 0 Å². The second kappa shape index (κ2) is 10.3. The standard InChI is InChI=1S/C21H22F5N3O2/c1-27-13(9-11-7-5-4-6-8-11)21(31)29(3)14(20(30)28-2)10-12-15(22)17(24)19(26)18(25)16(12)23/h4-8,13-14,27H,9-10H2,1-3H3,(H,28,30)/t13-,14-/m1/s1. The lowest BCUT2D eigenvalue weighted by Crippen LogP contribution is -2.54. The summed E-state index contributed by atoms with van der Waals surface area (Å²) in [5, 5.41) is 5.06. The third-order valence-corrected chi connectivity index (χ3v) is 4.99. The first-order valence-corrected chi connectivity index (χ1v) is 9.33. The van der Waals surface area contributed by atoms with Gasteiger partial charge in [-0.2, -0.15) is 0 Å². The zero-order chi connectivity index (χ0) is 23.3. The molecule has 0 unspecified atom stereocenters. The van der Waals surface area contributed by atoms with Crippen LogP contribution in [0.25, 0.3) is 0 Å². The predicted molar refractivity (Wildman–Crippen MR) is 104 cm³/mol. The molecule has 0 radical (unpaired) electrons. The molecule has 2 N–H and O–H groups in total. The van der Waals surface area contributed by atoms with E-state index in [2.05, 4.69) is 10.6 Å². The number of rotatable bonds is 8. The molecule has 0 spiro atoms. The molecule has 2 aromatic carbocycles. The first-order valence-electron chi connectivity index (χ1n) is 9.33. The topological polar surface area (TPSA) is 61.4 Å². The highest BCUT2D eigenvalue weighted by molar-refractivity contribution is 5.90. The molecule has 0 saturated carbocycles. The summed E-state index contributed by atoms with van der Waals surface area (Å²) in [5.74, 6) is -12.0. The highest BCUT2D eigenvalue weighted by atomic mass is 19.2. The second-order valence-corrected chi connectivity index (χ2v) is 6.86. The maximum atomic E-state index is 14.1. The lowest BCUT2D eigenvalue weighted by Gasteiger charge is -2.30. The van der Waals surface area contributed by atoms with E-state index in [9.17, 15) is 31.5 Å². The molecule has 2 aromatic rings. The summed E-state index contributed by atoms with van der Waals surface area (Å²) >= 11 is 0. The number of nitrogens with one attached hydrogen (secondary N) is 2. The van der Waals surface area contributed by atoms with Gasteiger partial charge in [-0.3, -0.25) is 9.59 Å². The Kier molecular flexibility index (Phi) is 8.09. The highest BCUT2D eigenvalue weighted by Crippen LogP contribution is 2.25. The fourth-order valence-corrected chi connectivity index (χ4v) is 3.16. The van der Waals surface area contributed by atoms with E-state index in [4.69, 9.17) is 0 Å². The van der Waals surface area contributed by atoms with Crippen LogP contribution in [0.5, 0.6) is 0 Å². The molecule has 2 atom stereocenters. The summed E-state index contributed by atoms with van der Waals surface area (Å²) in [6, 6.07) is 6.65. The molecular formula is C21H22F5N3O2. The highest BCUT2D eigenvalue weighted by Gasteiger charge is 2.34. The van der Waals surface area contributed by atoms with Gasteiger partial charge in [-0.25, -0.2) is 22.0 Å². The molecule has 2 rings (SSSR count). The van der Waals surface area contributed by atoms with Crippen LogP contribution in [0.2, 0.25) is 0 Å². The van der Waals surface area contributed by atoms with Crippen molar-refractivity contribution in [3.05, 3.63) is 70.5 Å². The summed E-state index contributed by atoms with van der Waals surface area (Å²) in [6.45, 7) is 0. The summed E-state index contributed by atoms with van der Waals surface area (Å²) < 4.78 is 68.7. The van der Waals surface area contributed by atoms with Gasteiger partial charge in [0.15, 0.2) is 23.3 Å². The van der Waals surface area contributed by atoms with Gasteiger partial charge in [-0.05, 0) is 19.0 Å². The second-order valence-electron chi connectivity index (χ2n) is 6.86. The van der Waals surface area contributed by atoms with Crippen molar-refractivity contribution in [1.82, 2.24) is 15.5 Å². The molecule has 0 fully saturated rings. The van der Waals surface area contributed by atoms with Crippen molar-refractivity contribution in [2.24, 2.45) is 0 Å². The van der Waals surface area contributed by atoms with Gasteiger partial charge in [0.1, 0.15) is 6.04 Å². The number of benzene rings is 2. The zero-order valence-corrected chi connectivity index (χ0v) is 17.1. The number of carbonyl (C=O) groups is 2. The average Bonchev–Trinajstić information content (AvgIpc) is 2.79. The number of nitrogens with zero attached hydrogens (tertiary/aromatic N) is 1. The maximum Gasteiger partial charge on any atom is 0.242 e. The fraction of sp³-hybridized carbons (Fsp3) is 0.333. The molecule has 0 saturated heterocycles. The summed E-state index contributed by atoms with van der Waals surface area (Å²) in [7, 11) is 3.98. The van der Waals surface area contributed by atoms with E-state index >= 15 is 0 Å². The predicted octanol–water partition coefficient (Wildman–Crippen LogP) is 2.33. The molecular weight excluding hydrogens is 421 g/mol. The molecule has 10 heteroatoms. The molecule has 2 amide bonds. The van der Waals surface area contributed by atoms with E-state index in [0.29, 0.717) is 0 Å². The van der Waals surface area contributed by atoms with Crippen molar-refractivity contribution < 1.29 is 31.5 Å². The minimum atomic E-state index is -2.29. The van der Waals surface area contributed by atoms with Crippen LogP contribution >= 0.6 is 0 Å². The minimum Gasteiger partial charge on any atom is -0.357 e. The van der Waals surface area contributed by atoms with Gasteiger partial charge >= 0.3 is 0 Å². The van der Waals surface area contributed by atoms with Gasteiger partial charge in [-0.1, -0.05) is 30.3 Å². The van der Waals surface area contributed by atoms with Gasteiger partial charge in [0.2, 0.25) is 17.6 Å². The Morgan fingerprint density at radius 1 is 0.871 bits per heavy atom. The Balaban J connectivity index is 2.36. The van der Waals surface area contributed by atoms with Crippen LogP contribution in [0.4, 0.5) is 22.0 Å². The van der Waals surface area contributed by atoms with Crippen molar-refractivity contribution in [2.75, 3.05) is 21.1 Å². The van der Waals surface area contributed by atoms with Gasteiger partial charge in [0, 0.05) is 26.1 Å². The van der Waals surface area contributed by atoms with Gasteiger partial charge in [-0.15, -0.1) is 0 Å².